The van der Waals surface area contributed by atoms with Crippen LogP contribution < -0.4 is 5.32 Å². The Bertz CT molecular complexity index is 549. The Hall–Kier alpha value is -1.68. The zero-order valence-electron chi connectivity index (χ0n) is 12.7. The van der Waals surface area contributed by atoms with Gasteiger partial charge in [-0.05, 0) is 33.0 Å². The molecule has 108 valence electrons. The van der Waals surface area contributed by atoms with E-state index in [9.17, 15) is 0 Å². The van der Waals surface area contributed by atoms with Gasteiger partial charge in [0, 0.05) is 17.3 Å². The predicted molar refractivity (Wildman–Crippen MR) is 85.2 cm³/mol. The Morgan fingerprint density at radius 1 is 1.05 bits per heavy atom. The van der Waals surface area contributed by atoms with E-state index in [1.807, 2.05) is 19.1 Å². The lowest BCUT2D eigenvalue weighted by Crippen LogP contribution is -2.25. The molecule has 0 radical (unpaired) electrons. The van der Waals surface area contributed by atoms with Crippen LogP contribution in [0.3, 0.4) is 0 Å². The molecule has 0 aliphatic heterocycles. The summed E-state index contributed by atoms with van der Waals surface area (Å²) in [5, 5.41) is 14.3. The molecule has 20 heavy (non-hydrogen) atoms. The number of nitrogens with zero attached hydrogens (tertiary/aromatic N) is 3. The number of rotatable bonds is 7. The highest BCUT2D eigenvalue weighted by atomic mass is 15.2. The van der Waals surface area contributed by atoms with E-state index >= 15 is 0 Å². The van der Waals surface area contributed by atoms with Gasteiger partial charge in [0.25, 0.3) is 0 Å². The molecule has 4 nitrogen and oxygen atoms in total. The van der Waals surface area contributed by atoms with E-state index in [0.29, 0.717) is 0 Å². The van der Waals surface area contributed by atoms with Crippen molar-refractivity contribution in [2.45, 2.75) is 27.2 Å². The maximum Gasteiger partial charge on any atom is 0.156 e. The normalized spacial score (nSPS) is 11.2. The van der Waals surface area contributed by atoms with Crippen LogP contribution in [0.4, 0.5) is 5.82 Å². The van der Waals surface area contributed by atoms with E-state index in [-0.39, 0.29) is 0 Å². The zero-order valence-corrected chi connectivity index (χ0v) is 12.7. The maximum absolute atomic E-state index is 4.29. The molecule has 1 aromatic carbocycles. The highest BCUT2D eigenvalue weighted by molar-refractivity contribution is 5.92. The predicted octanol–water partition coefficient (Wildman–Crippen LogP) is 3.08. The topological polar surface area (TPSA) is 41.0 Å². The molecular weight excluding hydrogens is 248 g/mol. The summed E-state index contributed by atoms with van der Waals surface area (Å²) in [6.45, 7) is 10.7. The van der Waals surface area contributed by atoms with E-state index in [0.717, 1.165) is 49.5 Å². The van der Waals surface area contributed by atoms with Crippen LogP contribution in [-0.2, 0) is 0 Å². The average molecular weight is 272 g/mol. The van der Waals surface area contributed by atoms with Gasteiger partial charge in [-0.1, -0.05) is 38.1 Å². The zero-order chi connectivity index (χ0) is 14.4. The van der Waals surface area contributed by atoms with Crippen LogP contribution >= 0.6 is 0 Å². The Balaban J connectivity index is 1.98. The Morgan fingerprint density at radius 2 is 1.75 bits per heavy atom. The van der Waals surface area contributed by atoms with E-state index in [1.165, 1.54) is 5.39 Å². The molecule has 2 rings (SSSR count). The molecular formula is C16H24N4. The van der Waals surface area contributed by atoms with Crippen molar-refractivity contribution in [1.82, 2.24) is 15.1 Å². The van der Waals surface area contributed by atoms with Crippen molar-refractivity contribution in [3.63, 3.8) is 0 Å². The van der Waals surface area contributed by atoms with Gasteiger partial charge in [-0.2, -0.15) is 5.10 Å². The minimum absolute atomic E-state index is 0.894. The molecule has 0 aliphatic carbocycles. The summed E-state index contributed by atoms with van der Waals surface area (Å²) in [6, 6.07) is 8.29. The molecule has 0 unspecified atom stereocenters. The van der Waals surface area contributed by atoms with Crippen molar-refractivity contribution in [1.29, 1.82) is 0 Å². The van der Waals surface area contributed by atoms with Crippen molar-refractivity contribution < 1.29 is 0 Å². The third kappa shape index (κ3) is 3.45. The minimum Gasteiger partial charge on any atom is -0.368 e. The standard InChI is InChI=1S/C16H24N4/c1-4-20(5-2)12-8-11-17-16-15-10-7-6-9-14(15)13(3)18-19-16/h6-7,9-10H,4-5,8,11-12H2,1-3H3,(H,17,19). The molecule has 1 N–H and O–H groups in total. The summed E-state index contributed by atoms with van der Waals surface area (Å²) >= 11 is 0. The van der Waals surface area contributed by atoms with Crippen molar-refractivity contribution in [2.75, 3.05) is 31.5 Å². The number of aryl methyl sites for hydroxylation is 1. The smallest absolute Gasteiger partial charge is 0.156 e. The molecule has 0 amide bonds. The molecule has 0 aliphatic rings. The summed E-state index contributed by atoms with van der Waals surface area (Å²) in [4.78, 5) is 2.43. The second kappa shape index (κ2) is 7.20. The summed E-state index contributed by atoms with van der Waals surface area (Å²) in [5.41, 5.74) is 0.981. The molecule has 4 heteroatoms. The molecule has 0 saturated heterocycles. The Kier molecular flexibility index (Phi) is 5.30. The van der Waals surface area contributed by atoms with Gasteiger partial charge < -0.3 is 10.2 Å². The number of anilines is 1. The van der Waals surface area contributed by atoms with Gasteiger partial charge in [-0.15, -0.1) is 5.10 Å². The lowest BCUT2D eigenvalue weighted by molar-refractivity contribution is 0.303. The van der Waals surface area contributed by atoms with Gasteiger partial charge in [-0.3, -0.25) is 0 Å². The fourth-order valence-corrected chi connectivity index (χ4v) is 2.42. The van der Waals surface area contributed by atoms with E-state index < -0.39 is 0 Å². The molecule has 0 atom stereocenters. The number of fused-ring (bicyclic) bond motifs is 1. The van der Waals surface area contributed by atoms with Crippen molar-refractivity contribution in [2.24, 2.45) is 0 Å². The fraction of sp³-hybridized carbons (Fsp3) is 0.500. The first kappa shape index (κ1) is 14.7. The third-order valence-corrected chi connectivity index (χ3v) is 3.71. The quantitative estimate of drug-likeness (QED) is 0.786. The lowest BCUT2D eigenvalue weighted by atomic mass is 10.1. The summed E-state index contributed by atoms with van der Waals surface area (Å²) in [7, 11) is 0. The van der Waals surface area contributed by atoms with Crippen LogP contribution in [0.1, 0.15) is 26.0 Å². The second-order valence-electron chi connectivity index (χ2n) is 4.99. The van der Waals surface area contributed by atoms with E-state index in [2.05, 4.69) is 46.4 Å². The summed E-state index contributed by atoms with van der Waals surface area (Å²) in [6.07, 6.45) is 1.12. The van der Waals surface area contributed by atoms with Crippen molar-refractivity contribution in [3.05, 3.63) is 30.0 Å². The van der Waals surface area contributed by atoms with Gasteiger partial charge >= 0.3 is 0 Å². The van der Waals surface area contributed by atoms with Crippen molar-refractivity contribution in [3.8, 4) is 0 Å². The summed E-state index contributed by atoms with van der Waals surface area (Å²) in [5.74, 6) is 0.894. The lowest BCUT2D eigenvalue weighted by Gasteiger charge is -2.18. The Morgan fingerprint density at radius 3 is 2.45 bits per heavy atom. The molecule has 1 aromatic heterocycles. The molecule has 0 saturated carbocycles. The van der Waals surface area contributed by atoms with Crippen molar-refractivity contribution >= 4 is 16.6 Å². The first-order valence-corrected chi connectivity index (χ1v) is 7.44. The van der Waals surface area contributed by atoms with Gasteiger partial charge in [0.2, 0.25) is 0 Å². The van der Waals surface area contributed by atoms with Gasteiger partial charge in [0.05, 0.1) is 5.69 Å². The van der Waals surface area contributed by atoms with Crippen LogP contribution in [0.2, 0.25) is 0 Å². The number of nitrogens with one attached hydrogen (secondary N) is 1. The van der Waals surface area contributed by atoms with Gasteiger partial charge in [-0.25, -0.2) is 0 Å². The largest absolute Gasteiger partial charge is 0.368 e. The highest BCUT2D eigenvalue weighted by Crippen LogP contribution is 2.21. The molecule has 0 bridgehead atoms. The van der Waals surface area contributed by atoms with Crippen LogP contribution in [0, 0.1) is 6.92 Å². The van der Waals surface area contributed by atoms with Crippen LogP contribution in [-0.4, -0.2) is 41.3 Å². The number of aromatic nitrogens is 2. The van der Waals surface area contributed by atoms with E-state index in [4.69, 9.17) is 0 Å². The number of hydrogen-bond donors (Lipinski definition) is 1. The first-order valence-electron chi connectivity index (χ1n) is 7.44. The van der Waals surface area contributed by atoms with Gasteiger partial charge in [0.15, 0.2) is 5.82 Å². The monoisotopic (exact) mass is 272 g/mol. The molecule has 0 fully saturated rings. The van der Waals surface area contributed by atoms with Crippen LogP contribution in [0.5, 0.6) is 0 Å². The highest BCUT2D eigenvalue weighted by Gasteiger charge is 2.05. The van der Waals surface area contributed by atoms with Crippen LogP contribution in [0.25, 0.3) is 10.8 Å². The molecule has 2 aromatic rings. The van der Waals surface area contributed by atoms with Crippen LogP contribution in [0.15, 0.2) is 24.3 Å². The number of hydrogen-bond acceptors (Lipinski definition) is 4. The average Bonchev–Trinajstić information content (AvgIpc) is 2.50. The fourth-order valence-electron chi connectivity index (χ4n) is 2.42. The van der Waals surface area contributed by atoms with E-state index in [1.54, 1.807) is 0 Å². The Labute approximate surface area is 121 Å². The molecule has 0 spiro atoms. The SMILES string of the molecule is CCN(CC)CCCNc1nnc(C)c2ccccc12. The maximum atomic E-state index is 4.29. The third-order valence-electron chi connectivity index (χ3n) is 3.71. The minimum atomic E-state index is 0.894. The summed E-state index contributed by atoms with van der Waals surface area (Å²) < 4.78 is 0. The molecule has 1 heterocycles. The number of benzene rings is 1. The first-order chi connectivity index (χ1) is 9.76. The van der Waals surface area contributed by atoms with Gasteiger partial charge in [0.1, 0.15) is 0 Å². The second-order valence-corrected chi connectivity index (χ2v) is 4.99.